The van der Waals surface area contributed by atoms with Crippen molar-refractivity contribution in [3.8, 4) is 0 Å². The van der Waals surface area contributed by atoms with Crippen LogP contribution < -0.4 is 0 Å². The number of halogens is 1. The highest BCUT2D eigenvalue weighted by atomic mass is 79.9. The molecule has 0 saturated heterocycles. The molecule has 0 aromatic carbocycles. The molecular weight excluding hydrogens is 184 g/mol. The minimum atomic E-state index is -0.611. The van der Waals surface area contributed by atoms with Gasteiger partial charge in [0.05, 0.1) is 0 Å². The van der Waals surface area contributed by atoms with Crippen LogP contribution in [0.3, 0.4) is 0 Å². The molecule has 0 aliphatic carbocycles. The van der Waals surface area contributed by atoms with Gasteiger partial charge in [-0.3, -0.25) is 0 Å². The van der Waals surface area contributed by atoms with Gasteiger partial charge in [0.15, 0.2) is 6.29 Å². The first-order chi connectivity index (χ1) is 4.27. The van der Waals surface area contributed by atoms with Gasteiger partial charge in [-0.15, -0.1) is 0 Å². The minimum absolute atomic E-state index is 0.611. The van der Waals surface area contributed by atoms with Gasteiger partial charge in [0, 0.05) is 11.9 Å². The third kappa shape index (κ3) is 8.40. The standard InChI is InChI=1S/C6H13BrO2/c1-6(8)9-5-3-2-4-7/h6,8H,2-5H2,1H3. The number of hydrogen-bond acceptors (Lipinski definition) is 2. The number of alkyl halides is 1. The van der Waals surface area contributed by atoms with Gasteiger partial charge in [-0.2, -0.15) is 0 Å². The molecule has 0 fully saturated rings. The van der Waals surface area contributed by atoms with Gasteiger partial charge in [0.2, 0.25) is 0 Å². The zero-order valence-corrected chi connectivity index (χ0v) is 7.23. The van der Waals surface area contributed by atoms with Crippen LogP contribution >= 0.6 is 15.9 Å². The third-order valence-corrected chi connectivity index (χ3v) is 1.45. The van der Waals surface area contributed by atoms with Gasteiger partial charge in [-0.05, 0) is 19.8 Å². The monoisotopic (exact) mass is 196 g/mol. The second-order valence-corrected chi connectivity index (χ2v) is 2.66. The molecule has 1 unspecified atom stereocenters. The molecule has 0 rings (SSSR count). The Kier molecular flexibility index (Phi) is 6.81. The van der Waals surface area contributed by atoms with E-state index in [0.717, 1.165) is 18.2 Å². The van der Waals surface area contributed by atoms with Crippen LogP contribution in [0.1, 0.15) is 19.8 Å². The minimum Gasteiger partial charge on any atom is -0.368 e. The van der Waals surface area contributed by atoms with Crippen molar-refractivity contribution in [2.45, 2.75) is 26.1 Å². The summed E-state index contributed by atoms with van der Waals surface area (Å²) in [5.74, 6) is 0. The maximum Gasteiger partial charge on any atom is 0.151 e. The van der Waals surface area contributed by atoms with E-state index in [9.17, 15) is 0 Å². The Labute approximate surface area is 64.3 Å². The van der Waals surface area contributed by atoms with Crippen LogP contribution in [0.15, 0.2) is 0 Å². The van der Waals surface area contributed by atoms with E-state index >= 15 is 0 Å². The van der Waals surface area contributed by atoms with E-state index in [-0.39, 0.29) is 0 Å². The highest BCUT2D eigenvalue weighted by Gasteiger charge is 1.92. The largest absolute Gasteiger partial charge is 0.368 e. The van der Waals surface area contributed by atoms with Crippen molar-refractivity contribution in [3.05, 3.63) is 0 Å². The first kappa shape index (κ1) is 9.40. The Morgan fingerprint density at radius 1 is 1.56 bits per heavy atom. The van der Waals surface area contributed by atoms with Crippen molar-refractivity contribution in [1.82, 2.24) is 0 Å². The average Bonchev–Trinajstić information content (AvgIpc) is 1.80. The molecule has 56 valence electrons. The summed E-state index contributed by atoms with van der Waals surface area (Å²) in [4.78, 5) is 0. The molecule has 0 aromatic heterocycles. The number of aliphatic hydroxyl groups is 1. The van der Waals surface area contributed by atoms with E-state index in [2.05, 4.69) is 15.9 Å². The molecule has 1 N–H and O–H groups in total. The van der Waals surface area contributed by atoms with Crippen LogP contribution in [0.4, 0.5) is 0 Å². The molecule has 1 atom stereocenters. The van der Waals surface area contributed by atoms with Crippen molar-refractivity contribution in [3.63, 3.8) is 0 Å². The van der Waals surface area contributed by atoms with Gasteiger partial charge in [0.25, 0.3) is 0 Å². The second-order valence-electron chi connectivity index (χ2n) is 1.87. The number of rotatable bonds is 5. The number of hydrogen-bond donors (Lipinski definition) is 1. The lowest BCUT2D eigenvalue weighted by atomic mass is 10.4. The summed E-state index contributed by atoms with van der Waals surface area (Å²) in [6.45, 7) is 2.28. The van der Waals surface area contributed by atoms with E-state index in [0.29, 0.717) is 6.61 Å². The Hall–Kier alpha value is 0.400. The van der Waals surface area contributed by atoms with Gasteiger partial charge in [-0.25, -0.2) is 0 Å². The molecule has 0 spiro atoms. The SMILES string of the molecule is CC(O)OCCCCBr. The smallest absolute Gasteiger partial charge is 0.151 e. The van der Waals surface area contributed by atoms with Crippen molar-refractivity contribution in [2.24, 2.45) is 0 Å². The summed E-state index contributed by atoms with van der Waals surface area (Å²) in [7, 11) is 0. The molecule has 2 nitrogen and oxygen atoms in total. The topological polar surface area (TPSA) is 29.5 Å². The lowest BCUT2D eigenvalue weighted by Crippen LogP contribution is -2.07. The van der Waals surface area contributed by atoms with Crippen molar-refractivity contribution in [2.75, 3.05) is 11.9 Å². The second kappa shape index (κ2) is 6.52. The summed E-state index contributed by atoms with van der Waals surface area (Å²) < 4.78 is 4.88. The van der Waals surface area contributed by atoms with Crippen LogP contribution in [-0.2, 0) is 4.74 Å². The summed E-state index contributed by atoms with van der Waals surface area (Å²) >= 11 is 3.30. The van der Waals surface area contributed by atoms with Crippen molar-refractivity contribution in [1.29, 1.82) is 0 Å². The van der Waals surface area contributed by atoms with Crippen LogP contribution in [0.2, 0.25) is 0 Å². The summed E-state index contributed by atoms with van der Waals surface area (Å²) in [5, 5.41) is 9.63. The first-order valence-corrected chi connectivity index (χ1v) is 4.25. The number of ether oxygens (including phenoxy) is 1. The highest BCUT2D eigenvalue weighted by Crippen LogP contribution is 1.95. The van der Waals surface area contributed by atoms with E-state index in [4.69, 9.17) is 9.84 Å². The normalized spacial score (nSPS) is 13.7. The molecule has 0 aliphatic rings. The Balaban J connectivity index is 2.75. The summed E-state index contributed by atoms with van der Waals surface area (Å²) in [6, 6.07) is 0. The molecule has 0 saturated carbocycles. The highest BCUT2D eigenvalue weighted by molar-refractivity contribution is 9.09. The van der Waals surface area contributed by atoms with Crippen LogP contribution in [0.5, 0.6) is 0 Å². The summed E-state index contributed by atoms with van der Waals surface area (Å²) in [5.41, 5.74) is 0. The van der Waals surface area contributed by atoms with Crippen molar-refractivity contribution >= 4 is 15.9 Å². The summed E-state index contributed by atoms with van der Waals surface area (Å²) in [6.07, 6.45) is 1.50. The maximum atomic E-state index is 8.62. The lowest BCUT2D eigenvalue weighted by molar-refractivity contribution is -0.0855. The molecule has 0 radical (unpaired) electrons. The molecule has 9 heavy (non-hydrogen) atoms. The fourth-order valence-corrected chi connectivity index (χ4v) is 0.847. The molecule has 3 heteroatoms. The molecule has 0 heterocycles. The van der Waals surface area contributed by atoms with E-state index < -0.39 is 6.29 Å². The van der Waals surface area contributed by atoms with E-state index in [1.807, 2.05) is 0 Å². The van der Waals surface area contributed by atoms with Gasteiger partial charge in [-0.1, -0.05) is 15.9 Å². The Bertz CT molecular complexity index is 57.0. The van der Waals surface area contributed by atoms with E-state index in [1.165, 1.54) is 0 Å². The zero-order valence-electron chi connectivity index (χ0n) is 5.64. The first-order valence-electron chi connectivity index (χ1n) is 3.13. The maximum absolute atomic E-state index is 8.62. The predicted octanol–water partition coefficient (Wildman–Crippen LogP) is 1.52. The number of aliphatic hydroxyl groups excluding tert-OH is 1. The van der Waals surface area contributed by atoms with Crippen LogP contribution in [0, 0.1) is 0 Å². The zero-order chi connectivity index (χ0) is 7.11. The fourth-order valence-electron chi connectivity index (χ4n) is 0.450. The average molecular weight is 197 g/mol. The Morgan fingerprint density at radius 2 is 2.22 bits per heavy atom. The van der Waals surface area contributed by atoms with Gasteiger partial charge < -0.3 is 9.84 Å². The third-order valence-electron chi connectivity index (χ3n) is 0.887. The van der Waals surface area contributed by atoms with E-state index in [1.54, 1.807) is 6.92 Å². The quantitative estimate of drug-likeness (QED) is 0.411. The Morgan fingerprint density at radius 3 is 2.67 bits per heavy atom. The lowest BCUT2D eigenvalue weighted by Gasteiger charge is -2.04. The predicted molar refractivity (Wildman–Crippen MR) is 40.7 cm³/mol. The molecule has 0 bridgehead atoms. The fraction of sp³-hybridized carbons (Fsp3) is 1.00. The van der Waals surface area contributed by atoms with Crippen molar-refractivity contribution < 1.29 is 9.84 Å². The van der Waals surface area contributed by atoms with Crippen LogP contribution in [0.25, 0.3) is 0 Å². The molecular formula is C6H13BrO2. The van der Waals surface area contributed by atoms with Crippen LogP contribution in [-0.4, -0.2) is 23.3 Å². The number of unbranched alkanes of at least 4 members (excludes halogenated alkanes) is 1. The molecule has 0 aliphatic heterocycles. The molecule has 0 aromatic rings. The van der Waals surface area contributed by atoms with Gasteiger partial charge >= 0.3 is 0 Å². The van der Waals surface area contributed by atoms with Gasteiger partial charge in [0.1, 0.15) is 0 Å². The molecule has 0 amide bonds.